The van der Waals surface area contributed by atoms with Gasteiger partial charge >= 0.3 is 6.09 Å². The number of hydrogen-bond donors (Lipinski definition) is 0. The van der Waals surface area contributed by atoms with Crippen LogP contribution in [0.3, 0.4) is 0 Å². The van der Waals surface area contributed by atoms with Crippen LogP contribution in [0.2, 0.25) is 0 Å². The Kier molecular flexibility index (Phi) is 5.30. The van der Waals surface area contributed by atoms with E-state index in [4.69, 9.17) is 4.74 Å². The third-order valence-electron chi connectivity index (χ3n) is 4.12. The first kappa shape index (κ1) is 17.7. The van der Waals surface area contributed by atoms with Gasteiger partial charge in [0.25, 0.3) is 0 Å². The van der Waals surface area contributed by atoms with Crippen molar-refractivity contribution in [2.45, 2.75) is 65.1 Å². The summed E-state index contributed by atoms with van der Waals surface area (Å²) >= 11 is 0. The Morgan fingerprint density at radius 3 is 2.61 bits per heavy atom. The summed E-state index contributed by atoms with van der Waals surface area (Å²) < 4.78 is 5.37. The largest absolute Gasteiger partial charge is 0.443 e. The lowest BCUT2D eigenvalue weighted by molar-refractivity contribution is 0.0588. The van der Waals surface area contributed by atoms with Crippen molar-refractivity contribution in [1.29, 1.82) is 0 Å². The lowest BCUT2D eigenvalue weighted by Gasteiger charge is -2.28. The number of aromatic nitrogens is 1. The van der Waals surface area contributed by atoms with Crippen LogP contribution >= 0.6 is 0 Å². The zero-order valence-electron chi connectivity index (χ0n) is 15.2. The molecule has 1 aliphatic heterocycles. The van der Waals surface area contributed by atoms with Crippen molar-refractivity contribution in [3.05, 3.63) is 23.9 Å². The average Bonchev–Trinajstić information content (AvgIpc) is 2.94. The van der Waals surface area contributed by atoms with Gasteiger partial charge in [-0.2, -0.15) is 0 Å². The fourth-order valence-electron chi connectivity index (χ4n) is 2.98. The van der Waals surface area contributed by atoms with Gasteiger partial charge in [-0.05, 0) is 65.6 Å². The maximum absolute atomic E-state index is 12.1. The number of amides is 1. The van der Waals surface area contributed by atoms with Crippen LogP contribution in [0.1, 0.15) is 59.1 Å². The van der Waals surface area contributed by atoms with Gasteiger partial charge in [-0.3, -0.25) is 9.80 Å². The molecule has 2 heterocycles. The van der Waals surface area contributed by atoms with Crippen molar-refractivity contribution in [2.75, 3.05) is 18.5 Å². The van der Waals surface area contributed by atoms with E-state index < -0.39 is 5.60 Å². The van der Waals surface area contributed by atoms with Gasteiger partial charge in [-0.25, -0.2) is 9.78 Å². The van der Waals surface area contributed by atoms with E-state index in [1.807, 2.05) is 33.0 Å². The van der Waals surface area contributed by atoms with E-state index in [9.17, 15) is 4.79 Å². The fourth-order valence-corrected chi connectivity index (χ4v) is 2.98. The Hall–Kier alpha value is -1.62. The molecule has 128 valence electrons. The predicted molar refractivity (Wildman–Crippen MR) is 92.7 cm³/mol. The standard InChI is InChI=1S/C18H29N3O2/c1-13(2)21-11-7-8-15(21)14-9-10-16(19-12-14)20(6)17(22)23-18(3,4)5/h9-10,12-13,15H,7-8,11H2,1-6H3/t15-/m1/s1. The lowest BCUT2D eigenvalue weighted by atomic mass is 10.1. The highest BCUT2D eigenvalue weighted by Gasteiger charge is 2.28. The third kappa shape index (κ3) is 4.44. The van der Waals surface area contributed by atoms with E-state index in [1.54, 1.807) is 7.05 Å². The Morgan fingerprint density at radius 1 is 1.39 bits per heavy atom. The molecule has 2 rings (SSSR count). The second-order valence-electron chi connectivity index (χ2n) is 7.48. The smallest absolute Gasteiger partial charge is 0.415 e. The Balaban J connectivity index is 2.09. The summed E-state index contributed by atoms with van der Waals surface area (Å²) in [5.41, 5.74) is 0.713. The van der Waals surface area contributed by atoms with Gasteiger partial charge in [0.05, 0.1) is 0 Å². The Bertz CT molecular complexity index is 534. The molecule has 23 heavy (non-hydrogen) atoms. The highest BCUT2D eigenvalue weighted by molar-refractivity contribution is 5.85. The first-order valence-corrected chi connectivity index (χ1v) is 8.37. The van der Waals surface area contributed by atoms with Gasteiger partial charge < -0.3 is 4.74 Å². The van der Waals surface area contributed by atoms with Gasteiger partial charge in [0, 0.05) is 25.3 Å². The van der Waals surface area contributed by atoms with Crippen LogP contribution < -0.4 is 4.90 Å². The first-order chi connectivity index (χ1) is 10.7. The molecule has 0 N–H and O–H groups in total. The van der Waals surface area contributed by atoms with Crippen LogP contribution in [-0.2, 0) is 4.74 Å². The molecule has 1 aromatic rings. The zero-order valence-corrected chi connectivity index (χ0v) is 15.2. The molecule has 0 bridgehead atoms. The molecule has 0 aliphatic carbocycles. The van der Waals surface area contributed by atoms with Crippen molar-refractivity contribution in [3.63, 3.8) is 0 Å². The van der Waals surface area contributed by atoms with Crippen LogP contribution in [0.25, 0.3) is 0 Å². The van der Waals surface area contributed by atoms with Gasteiger partial charge in [-0.15, -0.1) is 0 Å². The molecule has 1 aromatic heterocycles. The summed E-state index contributed by atoms with van der Waals surface area (Å²) in [7, 11) is 1.69. The number of nitrogens with zero attached hydrogens (tertiary/aromatic N) is 3. The van der Waals surface area contributed by atoms with Gasteiger partial charge in [0.2, 0.25) is 0 Å². The first-order valence-electron chi connectivity index (χ1n) is 8.37. The molecule has 0 aromatic carbocycles. The lowest BCUT2D eigenvalue weighted by Crippen LogP contribution is -2.34. The molecule has 0 unspecified atom stereocenters. The molecule has 1 saturated heterocycles. The van der Waals surface area contributed by atoms with Crippen molar-refractivity contribution in [1.82, 2.24) is 9.88 Å². The second kappa shape index (κ2) is 6.87. The van der Waals surface area contributed by atoms with E-state index in [0.29, 0.717) is 17.9 Å². The fraction of sp³-hybridized carbons (Fsp3) is 0.667. The molecule has 0 spiro atoms. The molecule has 0 saturated carbocycles. The minimum Gasteiger partial charge on any atom is -0.443 e. The molecular formula is C18H29N3O2. The summed E-state index contributed by atoms with van der Waals surface area (Å²) in [6, 6.07) is 4.94. The van der Waals surface area contributed by atoms with Crippen LogP contribution in [0.4, 0.5) is 10.6 Å². The molecule has 5 nitrogen and oxygen atoms in total. The molecule has 1 aliphatic rings. The molecule has 0 radical (unpaired) electrons. The van der Waals surface area contributed by atoms with Gasteiger partial charge in [-0.1, -0.05) is 6.07 Å². The topological polar surface area (TPSA) is 45.7 Å². The van der Waals surface area contributed by atoms with E-state index in [1.165, 1.54) is 23.3 Å². The van der Waals surface area contributed by atoms with Crippen LogP contribution in [0.15, 0.2) is 18.3 Å². The normalized spacial score (nSPS) is 19.2. The van der Waals surface area contributed by atoms with Crippen molar-refractivity contribution >= 4 is 11.9 Å². The van der Waals surface area contributed by atoms with Gasteiger partial charge in [0.15, 0.2) is 0 Å². The summed E-state index contributed by atoms with van der Waals surface area (Å²) in [6.07, 6.45) is 3.90. The second-order valence-corrected chi connectivity index (χ2v) is 7.48. The molecular weight excluding hydrogens is 290 g/mol. The number of anilines is 1. The molecule has 1 amide bonds. The monoisotopic (exact) mass is 319 g/mol. The number of carbonyl (C=O) groups excluding carboxylic acids is 1. The van der Waals surface area contributed by atoms with Crippen molar-refractivity contribution < 1.29 is 9.53 Å². The van der Waals surface area contributed by atoms with E-state index in [0.717, 1.165) is 6.54 Å². The number of likely N-dealkylation sites (tertiary alicyclic amines) is 1. The summed E-state index contributed by atoms with van der Waals surface area (Å²) in [5.74, 6) is 0.608. The summed E-state index contributed by atoms with van der Waals surface area (Å²) in [4.78, 5) is 20.5. The molecule has 5 heteroatoms. The number of ether oxygens (including phenoxy) is 1. The van der Waals surface area contributed by atoms with Crippen molar-refractivity contribution in [2.24, 2.45) is 0 Å². The Labute approximate surface area is 139 Å². The van der Waals surface area contributed by atoms with Crippen LogP contribution in [0.5, 0.6) is 0 Å². The number of rotatable bonds is 3. The van der Waals surface area contributed by atoms with E-state index in [2.05, 4.69) is 29.8 Å². The summed E-state index contributed by atoms with van der Waals surface area (Å²) in [6.45, 7) is 11.2. The number of hydrogen-bond acceptors (Lipinski definition) is 4. The van der Waals surface area contributed by atoms with Crippen LogP contribution in [0, 0.1) is 0 Å². The SMILES string of the molecule is CC(C)N1CCC[C@@H]1c1ccc(N(C)C(=O)OC(C)(C)C)nc1. The average molecular weight is 319 g/mol. The minimum atomic E-state index is -0.507. The van der Waals surface area contributed by atoms with Crippen molar-refractivity contribution in [3.8, 4) is 0 Å². The quantitative estimate of drug-likeness (QED) is 0.845. The maximum atomic E-state index is 12.1. The highest BCUT2D eigenvalue weighted by Crippen LogP contribution is 2.33. The predicted octanol–water partition coefficient (Wildman–Crippen LogP) is 4.00. The summed E-state index contributed by atoms with van der Waals surface area (Å²) in [5, 5.41) is 0. The minimum absolute atomic E-state index is 0.387. The van der Waals surface area contributed by atoms with E-state index in [-0.39, 0.29) is 6.09 Å². The van der Waals surface area contributed by atoms with E-state index >= 15 is 0 Å². The third-order valence-corrected chi connectivity index (χ3v) is 4.12. The maximum Gasteiger partial charge on any atom is 0.415 e. The van der Waals surface area contributed by atoms with Gasteiger partial charge in [0.1, 0.15) is 11.4 Å². The highest BCUT2D eigenvalue weighted by atomic mass is 16.6. The molecule has 1 atom stereocenters. The molecule has 1 fully saturated rings. The Morgan fingerprint density at radius 2 is 2.09 bits per heavy atom. The van der Waals surface area contributed by atoms with Crippen LogP contribution in [-0.4, -0.2) is 41.2 Å². The number of carbonyl (C=O) groups is 1. The zero-order chi connectivity index (χ0) is 17.2. The number of pyridine rings is 1.